The lowest BCUT2D eigenvalue weighted by atomic mass is 10.2. The lowest BCUT2D eigenvalue weighted by molar-refractivity contribution is 0.0927. The molecule has 0 aliphatic carbocycles. The third kappa shape index (κ3) is 3.85. The topological polar surface area (TPSA) is 89.6 Å². The van der Waals surface area contributed by atoms with Crippen LogP contribution in [0.3, 0.4) is 0 Å². The van der Waals surface area contributed by atoms with E-state index in [1.54, 1.807) is 18.2 Å². The molecule has 0 unspecified atom stereocenters. The van der Waals surface area contributed by atoms with E-state index < -0.39 is 0 Å². The van der Waals surface area contributed by atoms with E-state index in [0.717, 1.165) is 10.2 Å². The summed E-state index contributed by atoms with van der Waals surface area (Å²) >= 11 is 1.34. The van der Waals surface area contributed by atoms with E-state index in [1.807, 2.05) is 24.3 Å². The third-order valence-corrected chi connectivity index (χ3v) is 5.02. The fraction of sp³-hybridized carbons (Fsp3) is 0.211. The van der Waals surface area contributed by atoms with Crippen molar-refractivity contribution in [1.82, 2.24) is 15.6 Å². The Morgan fingerprint density at radius 2 is 1.70 bits per heavy atom. The number of amides is 2. The maximum Gasteiger partial charge on any atom is 0.280 e. The van der Waals surface area contributed by atoms with Gasteiger partial charge in [-0.1, -0.05) is 12.1 Å². The number of fused-ring (bicyclic) bond motifs is 2. The highest BCUT2D eigenvalue weighted by molar-refractivity contribution is 7.20. The van der Waals surface area contributed by atoms with Gasteiger partial charge in [-0.25, -0.2) is 4.98 Å². The number of hydrogen-bond acceptors (Lipinski definition) is 6. The van der Waals surface area contributed by atoms with Gasteiger partial charge in [-0.2, -0.15) is 0 Å². The number of carbonyl (C=O) groups is 2. The minimum Gasteiger partial charge on any atom is -0.486 e. The number of benzene rings is 2. The highest BCUT2D eigenvalue weighted by Crippen LogP contribution is 2.30. The second-order valence-corrected chi connectivity index (χ2v) is 6.89. The van der Waals surface area contributed by atoms with Crippen LogP contribution in [0, 0.1) is 0 Å². The van der Waals surface area contributed by atoms with Crippen LogP contribution in [0.4, 0.5) is 0 Å². The largest absolute Gasteiger partial charge is 0.486 e. The normalized spacial score (nSPS) is 12.6. The first-order valence-electron chi connectivity index (χ1n) is 8.52. The molecule has 4 rings (SSSR count). The van der Waals surface area contributed by atoms with Crippen LogP contribution in [0.1, 0.15) is 20.2 Å². The zero-order valence-electron chi connectivity index (χ0n) is 14.4. The number of ether oxygens (including phenoxy) is 2. The van der Waals surface area contributed by atoms with Gasteiger partial charge < -0.3 is 20.1 Å². The van der Waals surface area contributed by atoms with Crippen LogP contribution >= 0.6 is 11.3 Å². The van der Waals surface area contributed by atoms with E-state index in [0.29, 0.717) is 48.4 Å². The van der Waals surface area contributed by atoms with Crippen LogP contribution in [-0.4, -0.2) is 43.1 Å². The molecule has 0 radical (unpaired) electrons. The Hall–Kier alpha value is -3.13. The average Bonchev–Trinajstić information content (AvgIpc) is 3.15. The summed E-state index contributed by atoms with van der Waals surface area (Å²) in [7, 11) is 0. The van der Waals surface area contributed by atoms with Crippen LogP contribution in [0.2, 0.25) is 0 Å². The number of nitrogens with zero attached hydrogens (tertiary/aromatic N) is 1. The van der Waals surface area contributed by atoms with Gasteiger partial charge in [0, 0.05) is 18.7 Å². The Labute approximate surface area is 159 Å². The monoisotopic (exact) mass is 383 g/mol. The van der Waals surface area contributed by atoms with Crippen LogP contribution in [0.15, 0.2) is 42.5 Å². The Balaban J connectivity index is 1.28. The molecule has 8 heteroatoms. The molecule has 0 spiro atoms. The molecule has 0 saturated carbocycles. The highest BCUT2D eigenvalue weighted by atomic mass is 32.1. The van der Waals surface area contributed by atoms with Gasteiger partial charge in [0.05, 0.1) is 10.2 Å². The second kappa shape index (κ2) is 7.63. The zero-order valence-corrected chi connectivity index (χ0v) is 15.2. The number of aromatic nitrogens is 1. The number of nitrogens with one attached hydrogen (secondary N) is 2. The lowest BCUT2D eigenvalue weighted by Gasteiger charge is -2.18. The van der Waals surface area contributed by atoms with Crippen LogP contribution in [0.25, 0.3) is 10.2 Å². The molecule has 3 aromatic rings. The van der Waals surface area contributed by atoms with Crippen molar-refractivity contribution in [1.29, 1.82) is 0 Å². The summed E-state index contributed by atoms with van der Waals surface area (Å²) in [5.41, 5.74) is 1.29. The molecule has 1 aliphatic heterocycles. The molecule has 2 amide bonds. The van der Waals surface area contributed by atoms with Gasteiger partial charge in [0.1, 0.15) is 13.2 Å². The molecule has 1 aromatic heterocycles. The Kier molecular flexibility index (Phi) is 4.88. The standard InChI is InChI=1S/C19H17N3O4S/c23-17(12-5-6-14-15(11-12)26-10-9-25-14)20-7-8-21-18(24)19-22-13-3-1-2-4-16(13)27-19/h1-6,11H,7-10H2,(H,20,23)(H,21,24). The SMILES string of the molecule is O=C(NCCNC(=O)c1nc2ccccc2s1)c1ccc2c(c1)OCCO2. The van der Waals surface area contributed by atoms with Crippen molar-refractivity contribution in [3.05, 3.63) is 53.0 Å². The fourth-order valence-electron chi connectivity index (χ4n) is 2.68. The van der Waals surface area contributed by atoms with Crippen molar-refractivity contribution in [2.75, 3.05) is 26.3 Å². The van der Waals surface area contributed by atoms with Gasteiger partial charge >= 0.3 is 0 Å². The molecule has 138 valence electrons. The molecule has 7 nitrogen and oxygen atoms in total. The summed E-state index contributed by atoms with van der Waals surface area (Å²) in [6, 6.07) is 12.7. The predicted octanol–water partition coefficient (Wildman–Crippen LogP) is 2.23. The minimum atomic E-state index is -0.246. The van der Waals surface area contributed by atoms with E-state index in [4.69, 9.17) is 9.47 Å². The Bertz CT molecular complexity index is 969. The fourth-order valence-corrected chi connectivity index (χ4v) is 3.57. The molecule has 0 saturated heterocycles. The van der Waals surface area contributed by atoms with Crippen molar-refractivity contribution < 1.29 is 19.1 Å². The van der Waals surface area contributed by atoms with Crippen molar-refractivity contribution in [2.24, 2.45) is 0 Å². The van der Waals surface area contributed by atoms with Crippen LogP contribution in [-0.2, 0) is 0 Å². The minimum absolute atomic E-state index is 0.235. The van der Waals surface area contributed by atoms with E-state index >= 15 is 0 Å². The average molecular weight is 383 g/mol. The second-order valence-electron chi connectivity index (χ2n) is 5.86. The van der Waals surface area contributed by atoms with Gasteiger partial charge in [0.15, 0.2) is 16.5 Å². The molecule has 0 atom stereocenters. The van der Waals surface area contributed by atoms with E-state index in [-0.39, 0.29) is 11.8 Å². The van der Waals surface area contributed by atoms with Gasteiger partial charge in [-0.15, -0.1) is 11.3 Å². The Morgan fingerprint density at radius 3 is 2.52 bits per heavy atom. The van der Waals surface area contributed by atoms with Gasteiger partial charge in [0.2, 0.25) is 0 Å². The third-order valence-electron chi connectivity index (χ3n) is 3.99. The highest BCUT2D eigenvalue weighted by Gasteiger charge is 2.15. The van der Waals surface area contributed by atoms with E-state index in [1.165, 1.54) is 11.3 Å². The molecule has 1 aliphatic rings. The first-order chi connectivity index (χ1) is 13.2. The molecule has 2 N–H and O–H groups in total. The lowest BCUT2D eigenvalue weighted by Crippen LogP contribution is -2.34. The Morgan fingerprint density at radius 1 is 0.963 bits per heavy atom. The van der Waals surface area contributed by atoms with Gasteiger partial charge in [-0.3, -0.25) is 9.59 Å². The molecule has 0 bridgehead atoms. The molecule has 0 fully saturated rings. The van der Waals surface area contributed by atoms with E-state index in [9.17, 15) is 9.59 Å². The summed E-state index contributed by atoms with van der Waals surface area (Å²) in [6.07, 6.45) is 0. The maximum atomic E-state index is 12.2. The van der Waals surface area contributed by atoms with Gasteiger partial charge in [0.25, 0.3) is 11.8 Å². The summed E-state index contributed by atoms with van der Waals surface area (Å²) in [6.45, 7) is 1.59. The summed E-state index contributed by atoms with van der Waals surface area (Å²) in [5.74, 6) is 0.727. The maximum absolute atomic E-state index is 12.2. The van der Waals surface area contributed by atoms with Crippen molar-refractivity contribution in [3.8, 4) is 11.5 Å². The van der Waals surface area contributed by atoms with Crippen molar-refractivity contribution in [3.63, 3.8) is 0 Å². The zero-order chi connectivity index (χ0) is 18.6. The summed E-state index contributed by atoms with van der Waals surface area (Å²) in [4.78, 5) is 28.7. The number of hydrogen-bond donors (Lipinski definition) is 2. The number of rotatable bonds is 5. The number of thiazole rings is 1. The molecular weight excluding hydrogens is 366 g/mol. The van der Waals surface area contributed by atoms with Crippen LogP contribution in [0.5, 0.6) is 11.5 Å². The molecule has 2 aromatic carbocycles. The first-order valence-corrected chi connectivity index (χ1v) is 9.34. The van der Waals surface area contributed by atoms with Crippen molar-refractivity contribution in [2.45, 2.75) is 0 Å². The predicted molar refractivity (Wildman–Crippen MR) is 102 cm³/mol. The van der Waals surface area contributed by atoms with Crippen molar-refractivity contribution >= 4 is 33.4 Å². The summed E-state index contributed by atoms with van der Waals surface area (Å²) < 4.78 is 11.9. The quantitative estimate of drug-likeness (QED) is 0.660. The van der Waals surface area contributed by atoms with Gasteiger partial charge in [-0.05, 0) is 30.3 Å². The number of carbonyl (C=O) groups excluding carboxylic acids is 2. The molecular formula is C19H17N3O4S. The summed E-state index contributed by atoms with van der Waals surface area (Å²) in [5, 5.41) is 5.95. The smallest absolute Gasteiger partial charge is 0.280 e. The molecule has 2 heterocycles. The first kappa shape index (κ1) is 17.3. The molecule has 27 heavy (non-hydrogen) atoms. The van der Waals surface area contributed by atoms with E-state index in [2.05, 4.69) is 15.6 Å². The van der Waals surface area contributed by atoms with Crippen LogP contribution < -0.4 is 20.1 Å². The number of para-hydroxylation sites is 1.